The highest BCUT2D eigenvalue weighted by Crippen LogP contribution is 2.32. The monoisotopic (exact) mass is 263 g/mol. The Morgan fingerprint density at radius 3 is 2.72 bits per heavy atom. The molecule has 0 spiro atoms. The van der Waals surface area contributed by atoms with E-state index in [1.165, 1.54) is 0 Å². The van der Waals surface area contributed by atoms with Gasteiger partial charge in [0, 0.05) is 24.2 Å². The Morgan fingerprint density at radius 1 is 1.50 bits per heavy atom. The van der Waals surface area contributed by atoms with Gasteiger partial charge in [-0.05, 0) is 0 Å². The van der Waals surface area contributed by atoms with E-state index < -0.39 is 24.1 Å². The zero-order chi connectivity index (χ0) is 13.5. The number of aromatic amines is 1. The number of carbonyl (C=O) groups is 2. The van der Waals surface area contributed by atoms with Crippen LogP contribution < -0.4 is 0 Å². The van der Waals surface area contributed by atoms with Gasteiger partial charge in [0.05, 0.1) is 6.20 Å². The number of carboxylic acids is 1. The fourth-order valence-electron chi connectivity index (χ4n) is 1.94. The number of aliphatic carboxylic acids is 1. The summed E-state index contributed by atoms with van der Waals surface area (Å²) in [7, 11) is 0. The molecule has 0 radical (unpaired) electrons. The number of carbonyl (C=O) groups excluding carboxylic acids is 1. The Balaban J connectivity index is 2.39. The molecule has 1 aliphatic rings. The van der Waals surface area contributed by atoms with Crippen LogP contribution in [0.3, 0.4) is 0 Å². The van der Waals surface area contributed by atoms with Crippen LogP contribution in [0.15, 0.2) is 6.20 Å². The minimum absolute atomic E-state index is 0.0892. The van der Waals surface area contributed by atoms with Crippen molar-refractivity contribution in [2.45, 2.75) is 18.6 Å². The van der Waals surface area contributed by atoms with Gasteiger partial charge in [-0.25, -0.2) is 4.79 Å². The number of carboxylic acid groups (broad SMARTS) is 1. The van der Waals surface area contributed by atoms with Crippen molar-refractivity contribution in [3.63, 3.8) is 0 Å². The SMILES string of the molecule is O=C(O)C1c2cn[nH]c2CCN1C(=O)C(F)(F)F. The molecule has 1 aromatic heterocycles. The van der Waals surface area contributed by atoms with Gasteiger partial charge in [-0.2, -0.15) is 18.3 Å². The van der Waals surface area contributed by atoms with Crippen molar-refractivity contribution in [3.8, 4) is 0 Å². The van der Waals surface area contributed by atoms with Gasteiger partial charge in [-0.3, -0.25) is 9.89 Å². The highest BCUT2D eigenvalue weighted by atomic mass is 19.4. The number of H-pyrrole nitrogens is 1. The molecule has 0 bridgehead atoms. The van der Waals surface area contributed by atoms with E-state index >= 15 is 0 Å². The molecule has 0 saturated carbocycles. The van der Waals surface area contributed by atoms with Gasteiger partial charge in [0.2, 0.25) is 0 Å². The summed E-state index contributed by atoms with van der Waals surface area (Å²) in [6.07, 6.45) is -3.85. The third-order valence-corrected chi connectivity index (χ3v) is 2.70. The first-order chi connectivity index (χ1) is 8.32. The summed E-state index contributed by atoms with van der Waals surface area (Å²) in [5.74, 6) is -3.67. The normalized spacial score (nSPS) is 19.5. The van der Waals surface area contributed by atoms with Crippen molar-refractivity contribution < 1.29 is 27.9 Å². The van der Waals surface area contributed by atoms with Gasteiger partial charge >= 0.3 is 18.1 Å². The molecule has 0 saturated heterocycles. The number of amides is 1. The van der Waals surface area contributed by atoms with Gasteiger partial charge in [0.1, 0.15) is 0 Å². The van der Waals surface area contributed by atoms with Gasteiger partial charge in [-0.15, -0.1) is 0 Å². The first-order valence-corrected chi connectivity index (χ1v) is 4.95. The van der Waals surface area contributed by atoms with Crippen molar-refractivity contribution in [1.82, 2.24) is 15.1 Å². The molecule has 2 heterocycles. The molecule has 1 aliphatic heterocycles. The highest BCUT2D eigenvalue weighted by molar-refractivity contribution is 5.88. The Kier molecular flexibility index (Phi) is 2.76. The summed E-state index contributed by atoms with van der Waals surface area (Å²) in [6.45, 7) is -0.315. The number of rotatable bonds is 1. The maximum atomic E-state index is 12.4. The first-order valence-electron chi connectivity index (χ1n) is 4.95. The van der Waals surface area contributed by atoms with E-state index in [1.807, 2.05) is 0 Å². The van der Waals surface area contributed by atoms with Crippen molar-refractivity contribution in [2.75, 3.05) is 6.54 Å². The summed E-state index contributed by atoms with van der Waals surface area (Å²) >= 11 is 0. The fraction of sp³-hybridized carbons (Fsp3) is 0.444. The van der Waals surface area contributed by atoms with Crippen LogP contribution in [0.4, 0.5) is 13.2 Å². The van der Waals surface area contributed by atoms with Crippen molar-refractivity contribution >= 4 is 11.9 Å². The number of hydrogen-bond donors (Lipinski definition) is 2. The molecule has 0 fully saturated rings. The predicted molar refractivity (Wildman–Crippen MR) is 50.4 cm³/mol. The third kappa shape index (κ3) is 1.91. The fourth-order valence-corrected chi connectivity index (χ4v) is 1.94. The molecule has 1 unspecified atom stereocenters. The van der Waals surface area contributed by atoms with Gasteiger partial charge in [0.15, 0.2) is 6.04 Å². The lowest BCUT2D eigenvalue weighted by molar-refractivity contribution is -0.190. The van der Waals surface area contributed by atoms with Crippen LogP contribution in [0.5, 0.6) is 0 Å². The average molecular weight is 263 g/mol. The number of fused-ring (bicyclic) bond motifs is 1. The molecule has 6 nitrogen and oxygen atoms in total. The molecule has 2 rings (SSSR count). The second kappa shape index (κ2) is 4.00. The Hall–Kier alpha value is -2.06. The molecule has 9 heteroatoms. The van der Waals surface area contributed by atoms with Crippen LogP contribution in [-0.2, 0) is 16.0 Å². The highest BCUT2D eigenvalue weighted by Gasteiger charge is 2.48. The van der Waals surface area contributed by atoms with E-state index in [0.717, 1.165) is 6.20 Å². The van der Waals surface area contributed by atoms with Gasteiger partial charge in [-0.1, -0.05) is 0 Å². The second-order valence-electron chi connectivity index (χ2n) is 3.79. The standard InChI is InChI=1S/C9H8F3N3O3/c10-9(11,12)8(18)15-2-1-5-4(3-13-14-5)6(15)7(16)17/h3,6H,1-2H2,(H,13,14)(H,16,17). The van der Waals surface area contributed by atoms with Gasteiger partial charge < -0.3 is 10.0 Å². The number of nitrogens with zero attached hydrogens (tertiary/aromatic N) is 2. The molecule has 0 aliphatic carbocycles. The molecule has 0 aromatic carbocycles. The Labute approximate surface area is 98.4 Å². The zero-order valence-electron chi connectivity index (χ0n) is 8.86. The molecule has 2 N–H and O–H groups in total. The summed E-state index contributed by atoms with van der Waals surface area (Å²) in [6, 6.07) is -1.65. The molecule has 1 amide bonds. The van der Waals surface area contributed by atoms with E-state index in [4.69, 9.17) is 5.11 Å². The van der Waals surface area contributed by atoms with E-state index in [-0.39, 0.29) is 18.5 Å². The quantitative estimate of drug-likeness (QED) is 0.771. The number of nitrogens with one attached hydrogen (secondary N) is 1. The Morgan fingerprint density at radius 2 is 2.17 bits per heavy atom. The lowest BCUT2D eigenvalue weighted by Gasteiger charge is -2.32. The van der Waals surface area contributed by atoms with Crippen LogP contribution in [-0.4, -0.2) is 44.8 Å². The zero-order valence-corrected chi connectivity index (χ0v) is 8.86. The average Bonchev–Trinajstić information content (AvgIpc) is 2.72. The maximum Gasteiger partial charge on any atom is 0.471 e. The van der Waals surface area contributed by atoms with Crippen LogP contribution >= 0.6 is 0 Å². The van der Waals surface area contributed by atoms with E-state index in [9.17, 15) is 22.8 Å². The van der Waals surface area contributed by atoms with E-state index in [0.29, 0.717) is 10.6 Å². The van der Waals surface area contributed by atoms with Crippen molar-refractivity contribution in [1.29, 1.82) is 0 Å². The lowest BCUT2D eigenvalue weighted by Crippen LogP contribution is -2.48. The molecule has 1 aromatic rings. The first kappa shape index (κ1) is 12.4. The molecule has 1 atom stereocenters. The van der Waals surface area contributed by atoms with Crippen LogP contribution in [0.1, 0.15) is 17.3 Å². The number of hydrogen-bond acceptors (Lipinski definition) is 3. The minimum atomic E-state index is -5.09. The van der Waals surface area contributed by atoms with Gasteiger partial charge in [0.25, 0.3) is 0 Å². The molecule has 98 valence electrons. The van der Waals surface area contributed by atoms with Crippen LogP contribution in [0.2, 0.25) is 0 Å². The van der Waals surface area contributed by atoms with E-state index in [2.05, 4.69) is 10.2 Å². The molecule has 18 heavy (non-hydrogen) atoms. The van der Waals surface area contributed by atoms with Crippen LogP contribution in [0, 0.1) is 0 Å². The largest absolute Gasteiger partial charge is 0.479 e. The predicted octanol–water partition coefficient (Wildman–Crippen LogP) is 0.482. The number of aromatic nitrogens is 2. The third-order valence-electron chi connectivity index (χ3n) is 2.70. The minimum Gasteiger partial charge on any atom is -0.479 e. The number of halogens is 3. The lowest BCUT2D eigenvalue weighted by atomic mass is 9.99. The Bertz CT molecular complexity index is 497. The van der Waals surface area contributed by atoms with Crippen molar-refractivity contribution in [2.24, 2.45) is 0 Å². The summed E-state index contributed by atoms with van der Waals surface area (Å²) < 4.78 is 37.1. The number of alkyl halides is 3. The smallest absolute Gasteiger partial charge is 0.471 e. The van der Waals surface area contributed by atoms with E-state index in [1.54, 1.807) is 0 Å². The maximum absolute atomic E-state index is 12.4. The molecular formula is C9H8F3N3O3. The van der Waals surface area contributed by atoms with Crippen molar-refractivity contribution in [3.05, 3.63) is 17.5 Å². The summed E-state index contributed by atoms with van der Waals surface area (Å²) in [4.78, 5) is 22.5. The second-order valence-corrected chi connectivity index (χ2v) is 3.79. The molecular weight excluding hydrogens is 255 g/mol. The summed E-state index contributed by atoms with van der Waals surface area (Å²) in [5.41, 5.74) is 0.528. The topological polar surface area (TPSA) is 86.3 Å². The van der Waals surface area contributed by atoms with Crippen LogP contribution in [0.25, 0.3) is 0 Å². The summed E-state index contributed by atoms with van der Waals surface area (Å²) in [5, 5.41) is 15.1.